The summed E-state index contributed by atoms with van der Waals surface area (Å²) in [5, 5.41) is 0.0886. The minimum absolute atomic E-state index is 0.0188. The number of carbonyl (C=O) groups is 2. The van der Waals surface area contributed by atoms with E-state index in [1.54, 1.807) is 91.0 Å². The second-order valence-electron chi connectivity index (χ2n) is 8.28. The number of para-hydroxylation sites is 2. The van der Waals surface area contributed by atoms with Gasteiger partial charge in [0.05, 0.1) is 11.4 Å². The lowest BCUT2D eigenvalue weighted by Gasteiger charge is -2.36. The number of rotatable bonds is 6. The van der Waals surface area contributed by atoms with Crippen molar-refractivity contribution >= 4 is 46.6 Å². The minimum atomic E-state index is -0.500. The SMILES string of the molecule is O=C1C(=Cc2ccc(OCc3cccc(F)c3)cc2)C(=O)N(c2ccccc2)C(=S)N1c1ccccc1. The van der Waals surface area contributed by atoms with Crippen LogP contribution in [0.15, 0.2) is 115 Å². The molecule has 0 spiro atoms. The molecule has 182 valence electrons. The van der Waals surface area contributed by atoms with Crippen LogP contribution < -0.4 is 14.5 Å². The molecule has 0 aliphatic carbocycles. The molecule has 0 unspecified atom stereocenters. The van der Waals surface area contributed by atoms with E-state index < -0.39 is 11.8 Å². The minimum Gasteiger partial charge on any atom is -0.489 e. The number of carbonyl (C=O) groups excluding carboxylic acids is 2. The van der Waals surface area contributed by atoms with Crippen LogP contribution in [0.3, 0.4) is 0 Å². The van der Waals surface area contributed by atoms with Crippen LogP contribution >= 0.6 is 12.2 Å². The van der Waals surface area contributed by atoms with E-state index >= 15 is 0 Å². The lowest BCUT2D eigenvalue weighted by Crippen LogP contribution is -2.56. The van der Waals surface area contributed by atoms with Crippen LogP contribution in [0.25, 0.3) is 6.08 Å². The van der Waals surface area contributed by atoms with Gasteiger partial charge in [0, 0.05) is 0 Å². The predicted octanol–water partition coefficient (Wildman–Crippen LogP) is 6.15. The van der Waals surface area contributed by atoms with Crippen LogP contribution in [0.1, 0.15) is 11.1 Å². The van der Waals surface area contributed by atoms with Crippen molar-refractivity contribution in [2.45, 2.75) is 6.61 Å². The van der Waals surface area contributed by atoms with Crippen LogP contribution in [0, 0.1) is 5.82 Å². The molecule has 0 radical (unpaired) electrons. The fourth-order valence-corrected chi connectivity index (χ4v) is 4.34. The zero-order valence-corrected chi connectivity index (χ0v) is 20.4. The molecule has 0 saturated carbocycles. The van der Waals surface area contributed by atoms with Crippen molar-refractivity contribution in [3.8, 4) is 5.75 Å². The number of hydrogen-bond donors (Lipinski definition) is 0. The van der Waals surface area contributed by atoms with Gasteiger partial charge in [0.15, 0.2) is 5.11 Å². The number of ether oxygens (including phenoxy) is 1. The summed E-state index contributed by atoms with van der Waals surface area (Å²) in [7, 11) is 0. The standard InChI is InChI=1S/C30H21FN2O3S/c31-23-9-7-8-22(18-23)20-36-26-16-14-21(15-17-26)19-27-28(34)32(24-10-3-1-4-11-24)30(37)33(29(27)35)25-12-5-2-6-13-25/h1-19H,20H2. The van der Waals surface area contributed by atoms with E-state index in [0.29, 0.717) is 28.3 Å². The van der Waals surface area contributed by atoms with Crippen LogP contribution in [0.5, 0.6) is 5.75 Å². The zero-order chi connectivity index (χ0) is 25.8. The van der Waals surface area contributed by atoms with Crippen molar-refractivity contribution in [3.63, 3.8) is 0 Å². The van der Waals surface area contributed by atoms with Crippen molar-refractivity contribution in [1.29, 1.82) is 0 Å². The largest absolute Gasteiger partial charge is 0.489 e. The highest BCUT2D eigenvalue weighted by Crippen LogP contribution is 2.30. The summed E-state index contributed by atoms with van der Waals surface area (Å²) in [6.07, 6.45) is 1.55. The molecular formula is C30H21FN2O3S. The fraction of sp³-hybridized carbons (Fsp3) is 0.0333. The van der Waals surface area contributed by atoms with Gasteiger partial charge in [0.2, 0.25) is 0 Å². The number of thiocarbonyl (C=S) groups is 1. The topological polar surface area (TPSA) is 49.9 Å². The van der Waals surface area contributed by atoms with Gasteiger partial charge in [0.25, 0.3) is 11.8 Å². The first-order chi connectivity index (χ1) is 18.0. The summed E-state index contributed by atoms with van der Waals surface area (Å²) in [6, 6.07) is 31.2. The number of anilines is 2. The molecule has 1 aliphatic heterocycles. The highest BCUT2D eigenvalue weighted by molar-refractivity contribution is 7.81. The van der Waals surface area contributed by atoms with Gasteiger partial charge in [0.1, 0.15) is 23.7 Å². The lowest BCUT2D eigenvalue weighted by atomic mass is 10.0. The highest BCUT2D eigenvalue weighted by Gasteiger charge is 2.41. The molecule has 4 aromatic rings. The van der Waals surface area contributed by atoms with Crippen molar-refractivity contribution in [1.82, 2.24) is 0 Å². The first-order valence-corrected chi connectivity index (χ1v) is 11.9. The third-order valence-corrected chi connectivity index (χ3v) is 6.13. The molecule has 7 heteroatoms. The molecule has 0 N–H and O–H groups in total. The van der Waals surface area contributed by atoms with Gasteiger partial charge in [-0.3, -0.25) is 19.4 Å². The third kappa shape index (κ3) is 5.17. The van der Waals surface area contributed by atoms with E-state index in [1.807, 2.05) is 12.1 Å². The predicted molar refractivity (Wildman–Crippen MR) is 146 cm³/mol. The number of nitrogens with zero attached hydrogens (tertiary/aromatic N) is 2. The van der Waals surface area contributed by atoms with E-state index in [2.05, 4.69) is 0 Å². The van der Waals surface area contributed by atoms with E-state index in [-0.39, 0.29) is 23.1 Å². The summed E-state index contributed by atoms with van der Waals surface area (Å²) >= 11 is 5.62. The zero-order valence-electron chi connectivity index (χ0n) is 19.6. The van der Waals surface area contributed by atoms with Gasteiger partial charge in [-0.15, -0.1) is 0 Å². The Bertz CT molecular complexity index is 1430. The van der Waals surface area contributed by atoms with Crippen LogP contribution in [0.2, 0.25) is 0 Å². The van der Waals surface area contributed by atoms with Gasteiger partial charge in [-0.2, -0.15) is 0 Å². The number of benzene rings is 4. The Hall–Kier alpha value is -4.62. The van der Waals surface area contributed by atoms with Gasteiger partial charge in [-0.25, -0.2) is 4.39 Å². The second kappa shape index (κ2) is 10.6. The summed E-state index contributed by atoms with van der Waals surface area (Å²) in [5.41, 5.74) is 2.47. The maximum absolute atomic E-state index is 13.5. The molecule has 2 amide bonds. The quantitative estimate of drug-likeness (QED) is 0.178. The molecule has 5 rings (SSSR count). The third-order valence-electron chi connectivity index (χ3n) is 5.76. The van der Waals surface area contributed by atoms with Crippen molar-refractivity contribution < 1.29 is 18.7 Å². The Morgan fingerprint density at radius 2 is 1.30 bits per heavy atom. The van der Waals surface area contributed by atoms with Crippen molar-refractivity contribution in [2.75, 3.05) is 9.80 Å². The molecule has 1 aliphatic rings. The highest BCUT2D eigenvalue weighted by atomic mass is 32.1. The van der Waals surface area contributed by atoms with Crippen LogP contribution in [-0.4, -0.2) is 16.9 Å². The summed E-state index contributed by atoms with van der Waals surface area (Å²) in [5.74, 6) is -0.746. The molecule has 1 fully saturated rings. The van der Waals surface area contributed by atoms with Gasteiger partial charge in [-0.05, 0) is 78.0 Å². The Labute approximate surface area is 219 Å². The number of hydrogen-bond acceptors (Lipinski definition) is 4. The Morgan fingerprint density at radius 3 is 1.84 bits per heavy atom. The van der Waals surface area contributed by atoms with E-state index in [4.69, 9.17) is 17.0 Å². The van der Waals surface area contributed by atoms with E-state index in [1.165, 1.54) is 21.9 Å². The number of amides is 2. The Balaban J connectivity index is 1.45. The molecule has 0 aromatic heterocycles. The molecule has 1 heterocycles. The summed E-state index contributed by atoms with van der Waals surface area (Å²) < 4.78 is 19.1. The second-order valence-corrected chi connectivity index (χ2v) is 8.65. The molecule has 0 atom stereocenters. The molecule has 4 aromatic carbocycles. The Morgan fingerprint density at radius 1 is 0.730 bits per heavy atom. The van der Waals surface area contributed by atoms with Crippen molar-refractivity contribution in [2.24, 2.45) is 0 Å². The molecule has 37 heavy (non-hydrogen) atoms. The van der Waals surface area contributed by atoms with E-state index in [0.717, 1.165) is 0 Å². The van der Waals surface area contributed by atoms with Crippen LogP contribution in [-0.2, 0) is 16.2 Å². The molecular weight excluding hydrogens is 487 g/mol. The lowest BCUT2D eigenvalue weighted by molar-refractivity contribution is -0.120. The normalized spacial score (nSPS) is 13.6. The average molecular weight is 509 g/mol. The molecule has 1 saturated heterocycles. The molecule has 5 nitrogen and oxygen atoms in total. The summed E-state index contributed by atoms with van der Waals surface area (Å²) in [4.78, 5) is 29.8. The van der Waals surface area contributed by atoms with Crippen molar-refractivity contribution in [3.05, 3.63) is 132 Å². The van der Waals surface area contributed by atoms with Crippen LogP contribution in [0.4, 0.5) is 15.8 Å². The molecule has 0 bridgehead atoms. The van der Waals surface area contributed by atoms with E-state index in [9.17, 15) is 14.0 Å². The van der Waals surface area contributed by atoms with Gasteiger partial charge in [-0.1, -0.05) is 60.7 Å². The summed E-state index contributed by atoms with van der Waals surface area (Å²) in [6.45, 7) is 0.213. The number of halogens is 1. The Kier molecular flexibility index (Phi) is 6.87. The maximum atomic E-state index is 13.5. The van der Waals surface area contributed by atoms with Gasteiger partial charge >= 0.3 is 0 Å². The first-order valence-electron chi connectivity index (χ1n) is 11.5. The first kappa shape index (κ1) is 24.1. The van der Waals surface area contributed by atoms with Gasteiger partial charge < -0.3 is 4.74 Å². The smallest absolute Gasteiger partial charge is 0.270 e. The monoisotopic (exact) mass is 508 g/mol. The maximum Gasteiger partial charge on any atom is 0.270 e. The average Bonchev–Trinajstić information content (AvgIpc) is 2.92. The fourth-order valence-electron chi connectivity index (χ4n) is 3.96.